The molecule has 2 heterocycles. The number of likely N-dealkylation sites (tertiary alicyclic amines) is 1. The normalized spacial score (nSPS) is 22.6. The fourth-order valence-corrected chi connectivity index (χ4v) is 5.73. The molecule has 1 atom stereocenters. The molecule has 1 saturated carbocycles. The Morgan fingerprint density at radius 1 is 0.912 bits per heavy atom. The molecule has 1 aromatic rings. The molecular formula is C26H39N3O5. The van der Waals surface area contributed by atoms with Crippen molar-refractivity contribution in [2.75, 3.05) is 54.1 Å². The van der Waals surface area contributed by atoms with Crippen LogP contribution in [0.3, 0.4) is 0 Å². The molecule has 0 bridgehead atoms. The van der Waals surface area contributed by atoms with Gasteiger partial charge in [0.05, 0.1) is 27.2 Å². The van der Waals surface area contributed by atoms with Gasteiger partial charge in [0, 0.05) is 57.3 Å². The lowest BCUT2D eigenvalue weighted by molar-refractivity contribution is -0.137. The quantitative estimate of drug-likeness (QED) is 0.567. The van der Waals surface area contributed by atoms with E-state index in [1.54, 1.807) is 21.3 Å². The van der Waals surface area contributed by atoms with E-state index in [-0.39, 0.29) is 17.7 Å². The summed E-state index contributed by atoms with van der Waals surface area (Å²) in [6, 6.07) is 4.23. The molecule has 188 valence electrons. The molecule has 2 amide bonds. The maximum absolute atomic E-state index is 13.2. The highest BCUT2D eigenvalue weighted by Gasteiger charge is 2.40. The van der Waals surface area contributed by atoms with Gasteiger partial charge in [0.2, 0.25) is 17.6 Å². The molecule has 0 spiro atoms. The lowest BCUT2D eigenvalue weighted by Crippen LogP contribution is -2.50. The molecule has 8 heteroatoms. The number of rotatable bonds is 7. The Labute approximate surface area is 203 Å². The second kappa shape index (κ2) is 11.3. The van der Waals surface area contributed by atoms with Crippen molar-refractivity contribution in [3.63, 3.8) is 0 Å². The van der Waals surface area contributed by atoms with E-state index in [2.05, 4.69) is 4.90 Å². The summed E-state index contributed by atoms with van der Waals surface area (Å²) in [7, 11) is 4.86. The predicted molar refractivity (Wildman–Crippen MR) is 129 cm³/mol. The fourth-order valence-electron chi connectivity index (χ4n) is 5.73. The second-order valence-corrected chi connectivity index (χ2v) is 9.69. The van der Waals surface area contributed by atoms with Crippen molar-refractivity contribution in [3.05, 3.63) is 17.7 Å². The topological polar surface area (TPSA) is 71.6 Å². The van der Waals surface area contributed by atoms with Gasteiger partial charge in [-0.15, -0.1) is 0 Å². The molecule has 0 radical (unpaired) electrons. The Morgan fingerprint density at radius 3 is 2.21 bits per heavy atom. The van der Waals surface area contributed by atoms with Crippen LogP contribution in [0.5, 0.6) is 17.2 Å². The van der Waals surface area contributed by atoms with Crippen LogP contribution in [0, 0.1) is 5.92 Å². The Hall–Kier alpha value is -2.48. The standard InChI is InChI=1S/C26H39N3O5/c1-32-22-11-10-19(24(33-2)25(22)34-3)17-27-12-14-28(15-13-27)26(31)20-16-23(30)29(18-20)21-8-6-4-5-7-9-21/h10-11,20-21H,4-9,12-18H2,1-3H3/t20-/m0/s1. The number of amides is 2. The summed E-state index contributed by atoms with van der Waals surface area (Å²) in [6.07, 6.45) is 7.47. The molecule has 2 aliphatic heterocycles. The summed E-state index contributed by atoms with van der Waals surface area (Å²) in [5.74, 6) is 2.05. The third-order valence-corrected chi connectivity index (χ3v) is 7.64. The first kappa shape index (κ1) is 24.6. The summed E-state index contributed by atoms with van der Waals surface area (Å²) < 4.78 is 16.5. The first-order valence-corrected chi connectivity index (χ1v) is 12.6. The molecule has 0 aromatic heterocycles. The fraction of sp³-hybridized carbons (Fsp3) is 0.692. The number of piperazine rings is 1. The van der Waals surface area contributed by atoms with Gasteiger partial charge in [0.1, 0.15) is 0 Å². The highest BCUT2D eigenvalue weighted by molar-refractivity contribution is 5.89. The minimum absolute atomic E-state index is 0.146. The van der Waals surface area contributed by atoms with Crippen molar-refractivity contribution in [2.45, 2.75) is 57.5 Å². The molecule has 3 aliphatic rings. The van der Waals surface area contributed by atoms with E-state index in [1.807, 2.05) is 21.9 Å². The van der Waals surface area contributed by atoms with Crippen LogP contribution < -0.4 is 14.2 Å². The van der Waals surface area contributed by atoms with E-state index in [0.717, 1.165) is 31.5 Å². The zero-order valence-corrected chi connectivity index (χ0v) is 20.9. The average molecular weight is 474 g/mol. The highest BCUT2D eigenvalue weighted by Crippen LogP contribution is 2.40. The first-order chi connectivity index (χ1) is 16.5. The maximum atomic E-state index is 13.2. The minimum Gasteiger partial charge on any atom is -0.493 e. The molecule has 1 aliphatic carbocycles. The minimum atomic E-state index is -0.187. The molecule has 1 aromatic carbocycles. The molecule has 4 rings (SSSR count). The number of methoxy groups -OCH3 is 3. The van der Waals surface area contributed by atoms with E-state index in [0.29, 0.717) is 55.9 Å². The van der Waals surface area contributed by atoms with Crippen LogP contribution >= 0.6 is 0 Å². The van der Waals surface area contributed by atoms with E-state index < -0.39 is 0 Å². The molecule has 0 N–H and O–H groups in total. The van der Waals surface area contributed by atoms with Gasteiger partial charge in [-0.05, 0) is 18.9 Å². The maximum Gasteiger partial charge on any atom is 0.228 e. The Balaban J connectivity index is 1.32. The third kappa shape index (κ3) is 5.27. The van der Waals surface area contributed by atoms with Crippen molar-refractivity contribution < 1.29 is 23.8 Å². The molecule has 34 heavy (non-hydrogen) atoms. The predicted octanol–water partition coefficient (Wildman–Crippen LogP) is 2.93. The van der Waals surface area contributed by atoms with Crippen molar-refractivity contribution in [1.29, 1.82) is 0 Å². The van der Waals surface area contributed by atoms with Crippen LogP contribution in [-0.2, 0) is 16.1 Å². The van der Waals surface area contributed by atoms with Gasteiger partial charge >= 0.3 is 0 Å². The molecule has 3 fully saturated rings. The lowest BCUT2D eigenvalue weighted by Gasteiger charge is -2.36. The van der Waals surface area contributed by atoms with Crippen molar-refractivity contribution in [3.8, 4) is 17.2 Å². The summed E-state index contributed by atoms with van der Waals surface area (Å²) in [6.45, 7) is 4.26. The number of carbonyl (C=O) groups is 2. The SMILES string of the molecule is COc1ccc(CN2CCN(C(=O)[C@H]3CC(=O)N(C4CCCCCC4)C3)CC2)c(OC)c1OC. The van der Waals surface area contributed by atoms with Gasteiger partial charge < -0.3 is 24.0 Å². The van der Waals surface area contributed by atoms with E-state index in [4.69, 9.17) is 14.2 Å². The molecular weight excluding hydrogens is 434 g/mol. The monoisotopic (exact) mass is 473 g/mol. The first-order valence-electron chi connectivity index (χ1n) is 12.6. The smallest absolute Gasteiger partial charge is 0.228 e. The van der Waals surface area contributed by atoms with Gasteiger partial charge in [-0.2, -0.15) is 0 Å². The summed E-state index contributed by atoms with van der Waals surface area (Å²) >= 11 is 0. The van der Waals surface area contributed by atoms with Gasteiger partial charge in [0.15, 0.2) is 11.5 Å². The summed E-state index contributed by atoms with van der Waals surface area (Å²) in [5.41, 5.74) is 1.03. The zero-order chi connectivity index (χ0) is 24.1. The Morgan fingerprint density at radius 2 is 1.59 bits per heavy atom. The highest BCUT2D eigenvalue weighted by atomic mass is 16.5. The number of hydrogen-bond acceptors (Lipinski definition) is 6. The van der Waals surface area contributed by atoms with Crippen molar-refractivity contribution >= 4 is 11.8 Å². The molecule has 8 nitrogen and oxygen atoms in total. The summed E-state index contributed by atoms with van der Waals surface area (Å²) in [4.78, 5) is 32.3. The lowest BCUT2D eigenvalue weighted by atomic mass is 10.1. The number of carbonyl (C=O) groups excluding carboxylic acids is 2. The largest absolute Gasteiger partial charge is 0.493 e. The van der Waals surface area contributed by atoms with Crippen molar-refractivity contribution in [2.24, 2.45) is 5.92 Å². The number of nitrogens with zero attached hydrogens (tertiary/aromatic N) is 3. The van der Waals surface area contributed by atoms with Crippen LogP contribution in [0.4, 0.5) is 0 Å². The average Bonchev–Trinajstić information content (AvgIpc) is 3.06. The second-order valence-electron chi connectivity index (χ2n) is 9.69. The van der Waals surface area contributed by atoms with Gasteiger partial charge in [-0.3, -0.25) is 14.5 Å². The van der Waals surface area contributed by atoms with E-state index in [9.17, 15) is 9.59 Å². The number of ether oxygens (including phenoxy) is 3. The number of benzene rings is 1. The van der Waals surface area contributed by atoms with Gasteiger partial charge in [-0.25, -0.2) is 0 Å². The van der Waals surface area contributed by atoms with Crippen molar-refractivity contribution in [1.82, 2.24) is 14.7 Å². The summed E-state index contributed by atoms with van der Waals surface area (Å²) in [5, 5.41) is 0. The van der Waals surface area contributed by atoms with Gasteiger partial charge in [0.25, 0.3) is 0 Å². The Bertz CT molecular complexity index is 860. The Kier molecular flexibility index (Phi) is 8.19. The zero-order valence-electron chi connectivity index (χ0n) is 20.9. The van der Waals surface area contributed by atoms with Crippen LogP contribution in [0.1, 0.15) is 50.5 Å². The van der Waals surface area contributed by atoms with E-state index >= 15 is 0 Å². The third-order valence-electron chi connectivity index (χ3n) is 7.64. The molecule has 0 unspecified atom stereocenters. The van der Waals surface area contributed by atoms with Crippen LogP contribution in [0.2, 0.25) is 0 Å². The van der Waals surface area contributed by atoms with Crippen LogP contribution in [-0.4, -0.2) is 86.6 Å². The van der Waals surface area contributed by atoms with Crippen LogP contribution in [0.15, 0.2) is 12.1 Å². The van der Waals surface area contributed by atoms with E-state index in [1.165, 1.54) is 25.7 Å². The number of hydrogen-bond donors (Lipinski definition) is 0. The van der Waals surface area contributed by atoms with Gasteiger partial charge in [-0.1, -0.05) is 31.7 Å². The molecule has 2 saturated heterocycles. The van der Waals surface area contributed by atoms with Crippen LogP contribution in [0.25, 0.3) is 0 Å².